The van der Waals surface area contributed by atoms with E-state index in [1.54, 1.807) is 12.1 Å². The largest absolute Gasteiger partial charge is 0.349 e. The zero-order valence-electron chi connectivity index (χ0n) is 17.4. The van der Waals surface area contributed by atoms with Crippen molar-refractivity contribution in [2.45, 2.75) is 46.6 Å². The first kappa shape index (κ1) is 21.3. The molecule has 0 N–H and O–H groups in total. The summed E-state index contributed by atoms with van der Waals surface area (Å²) in [6.07, 6.45) is 1.63. The van der Waals surface area contributed by atoms with Crippen molar-refractivity contribution in [2.24, 2.45) is 0 Å². The Bertz CT molecular complexity index is 1020. The molecule has 152 valence electrons. The number of hydrogen-bond acceptors (Lipinski definition) is 3. The van der Waals surface area contributed by atoms with Crippen LogP contribution < -0.4 is 4.90 Å². The predicted octanol–water partition coefficient (Wildman–Crippen LogP) is 5.68. The maximum Gasteiger partial charge on any atom is 0.136 e. The van der Waals surface area contributed by atoms with Gasteiger partial charge in [-0.15, -0.1) is 12.4 Å². The Labute approximate surface area is 178 Å². The zero-order valence-corrected chi connectivity index (χ0v) is 18.2. The van der Waals surface area contributed by atoms with Crippen LogP contribution in [-0.2, 0) is 12.8 Å². The van der Waals surface area contributed by atoms with E-state index in [-0.39, 0.29) is 24.3 Å². The molecule has 4 rings (SSSR count). The number of aryl methyl sites for hydroxylation is 2. The lowest BCUT2D eigenvalue weighted by atomic mass is 9.92. The van der Waals surface area contributed by atoms with Crippen molar-refractivity contribution in [3.05, 3.63) is 87.6 Å². The normalized spacial score (nSPS) is 15.6. The number of halogens is 2. The number of nitrogens with zero attached hydrogens (tertiary/aromatic N) is 3. The van der Waals surface area contributed by atoms with E-state index in [0.29, 0.717) is 6.42 Å². The second-order valence-electron chi connectivity index (χ2n) is 7.80. The molecule has 2 heterocycles. The first-order valence-corrected chi connectivity index (χ1v) is 9.87. The molecule has 0 spiro atoms. The van der Waals surface area contributed by atoms with Crippen molar-refractivity contribution >= 4 is 18.2 Å². The van der Waals surface area contributed by atoms with Gasteiger partial charge in [-0.1, -0.05) is 35.9 Å². The van der Waals surface area contributed by atoms with Gasteiger partial charge in [-0.25, -0.2) is 14.4 Å². The minimum atomic E-state index is -0.221. The lowest BCUT2D eigenvalue weighted by Crippen LogP contribution is -2.35. The van der Waals surface area contributed by atoms with Gasteiger partial charge in [-0.2, -0.15) is 0 Å². The fraction of sp³-hybridized carbons (Fsp3) is 0.333. The molecule has 3 aromatic rings. The molecule has 0 saturated heterocycles. The molecule has 0 saturated carbocycles. The van der Waals surface area contributed by atoms with Crippen LogP contribution >= 0.6 is 12.4 Å². The van der Waals surface area contributed by atoms with Gasteiger partial charge in [0, 0.05) is 24.2 Å². The molecule has 0 amide bonds. The van der Waals surface area contributed by atoms with E-state index >= 15 is 0 Å². The number of rotatable bonds is 3. The Kier molecular flexibility index (Phi) is 6.23. The van der Waals surface area contributed by atoms with Gasteiger partial charge in [0.05, 0.1) is 6.04 Å². The van der Waals surface area contributed by atoms with Crippen LogP contribution in [-0.4, -0.2) is 16.5 Å². The van der Waals surface area contributed by atoms with E-state index in [1.165, 1.54) is 28.8 Å². The Morgan fingerprint density at radius 3 is 2.48 bits per heavy atom. The molecule has 3 nitrogen and oxygen atoms in total. The van der Waals surface area contributed by atoms with Gasteiger partial charge in [0.25, 0.3) is 0 Å². The summed E-state index contributed by atoms with van der Waals surface area (Å²) in [7, 11) is 0. The van der Waals surface area contributed by atoms with Gasteiger partial charge < -0.3 is 4.90 Å². The number of anilines is 1. The fourth-order valence-corrected chi connectivity index (χ4v) is 4.06. The van der Waals surface area contributed by atoms with Crippen molar-refractivity contribution in [1.82, 2.24) is 9.97 Å². The number of hydrogen-bond donors (Lipinski definition) is 0. The van der Waals surface area contributed by atoms with Gasteiger partial charge in [-0.3, -0.25) is 0 Å². The van der Waals surface area contributed by atoms with Crippen LogP contribution in [0.3, 0.4) is 0 Å². The molecular formula is C24H27ClFN3. The smallest absolute Gasteiger partial charge is 0.136 e. The average molecular weight is 412 g/mol. The first-order chi connectivity index (χ1) is 13.4. The van der Waals surface area contributed by atoms with Crippen LogP contribution in [0.2, 0.25) is 0 Å². The molecule has 1 aliphatic rings. The van der Waals surface area contributed by atoms with Gasteiger partial charge in [0.2, 0.25) is 0 Å². The van der Waals surface area contributed by atoms with Crippen LogP contribution in [0.5, 0.6) is 0 Å². The van der Waals surface area contributed by atoms with Crippen LogP contribution in [0.15, 0.2) is 42.5 Å². The molecular weight excluding hydrogens is 385 g/mol. The number of fused-ring (bicyclic) bond motifs is 1. The van der Waals surface area contributed by atoms with Gasteiger partial charge in [0.1, 0.15) is 17.5 Å². The Morgan fingerprint density at radius 1 is 1.03 bits per heavy atom. The maximum absolute atomic E-state index is 13.2. The monoisotopic (exact) mass is 411 g/mol. The summed E-state index contributed by atoms with van der Waals surface area (Å²) >= 11 is 0. The quantitative estimate of drug-likeness (QED) is 0.555. The summed E-state index contributed by atoms with van der Waals surface area (Å²) in [4.78, 5) is 12.0. The second-order valence-corrected chi connectivity index (χ2v) is 7.80. The fourth-order valence-electron chi connectivity index (χ4n) is 4.06. The third-order valence-electron chi connectivity index (χ3n) is 5.80. The predicted molar refractivity (Wildman–Crippen MR) is 119 cm³/mol. The molecule has 1 aromatic heterocycles. The Morgan fingerprint density at radius 2 is 1.76 bits per heavy atom. The first-order valence-electron chi connectivity index (χ1n) is 9.87. The maximum atomic E-state index is 13.2. The van der Waals surface area contributed by atoms with Crippen LogP contribution in [0.25, 0.3) is 0 Å². The van der Waals surface area contributed by atoms with E-state index in [0.717, 1.165) is 41.4 Å². The van der Waals surface area contributed by atoms with Crippen molar-refractivity contribution < 1.29 is 4.39 Å². The van der Waals surface area contributed by atoms with E-state index in [2.05, 4.69) is 43.9 Å². The molecule has 2 aromatic carbocycles. The van der Waals surface area contributed by atoms with Crippen LogP contribution in [0, 0.1) is 26.6 Å². The van der Waals surface area contributed by atoms with Crippen molar-refractivity contribution in [3.63, 3.8) is 0 Å². The summed E-state index contributed by atoms with van der Waals surface area (Å²) in [5.41, 5.74) is 7.29. The minimum Gasteiger partial charge on any atom is -0.349 e. The Hall–Kier alpha value is -2.46. The van der Waals surface area contributed by atoms with Crippen molar-refractivity contribution in [1.29, 1.82) is 0 Å². The molecule has 0 bridgehead atoms. The highest BCUT2D eigenvalue weighted by Gasteiger charge is 2.27. The van der Waals surface area contributed by atoms with E-state index in [1.807, 2.05) is 6.92 Å². The SMILES string of the molecule is Cc1ccc2c(c1)CCN(c1nc(Cc3ccc(F)cc3)nc(C)c1C)C2C.Cl. The summed E-state index contributed by atoms with van der Waals surface area (Å²) in [6, 6.07) is 13.6. The van der Waals surface area contributed by atoms with E-state index in [9.17, 15) is 4.39 Å². The van der Waals surface area contributed by atoms with Crippen LogP contribution in [0.1, 0.15) is 52.3 Å². The van der Waals surface area contributed by atoms with E-state index < -0.39 is 0 Å². The number of benzene rings is 2. The summed E-state index contributed by atoms with van der Waals surface area (Å²) in [6.45, 7) is 9.50. The van der Waals surface area contributed by atoms with Crippen molar-refractivity contribution in [2.75, 3.05) is 11.4 Å². The minimum absolute atomic E-state index is 0. The molecule has 0 aliphatic carbocycles. The Balaban J connectivity index is 0.00000240. The van der Waals surface area contributed by atoms with Crippen LogP contribution in [0.4, 0.5) is 10.2 Å². The highest BCUT2D eigenvalue weighted by atomic mass is 35.5. The third kappa shape index (κ3) is 4.27. The standard InChI is InChI=1S/C24H26FN3.ClH/c1-15-5-10-22-18(4)28(12-11-20(22)13-15)24-16(2)17(3)26-23(27-24)14-19-6-8-21(25)9-7-19;/h5-10,13,18H,11-12,14H2,1-4H3;1H. The highest BCUT2D eigenvalue weighted by Crippen LogP contribution is 2.35. The molecule has 1 unspecified atom stereocenters. The molecule has 29 heavy (non-hydrogen) atoms. The lowest BCUT2D eigenvalue weighted by molar-refractivity contribution is 0.611. The van der Waals surface area contributed by atoms with Gasteiger partial charge in [0.15, 0.2) is 0 Å². The number of aromatic nitrogens is 2. The topological polar surface area (TPSA) is 29.0 Å². The summed E-state index contributed by atoms with van der Waals surface area (Å²) in [5.74, 6) is 1.58. The summed E-state index contributed by atoms with van der Waals surface area (Å²) in [5, 5.41) is 0. The molecule has 1 atom stereocenters. The molecule has 0 radical (unpaired) electrons. The summed E-state index contributed by atoms with van der Waals surface area (Å²) < 4.78 is 13.2. The van der Waals surface area contributed by atoms with Gasteiger partial charge >= 0.3 is 0 Å². The van der Waals surface area contributed by atoms with E-state index in [4.69, 9.17) is 9.97 Å². The molecule has 0 fully saturated rings. The molecule has 5 heteroatoms. The molecule has 1 aliphatic heterocycles. The second kappa shape index (κ2) is 8.50. The van der Waals surface area contributed by atoms with Gasteiger partial charge in [-0.05, 0) is 62.9 Å². The lowest BCUT2D eigenvalue weighted by Gasteiger charge is -2.37. The van der Waals surface area contributed by atoms with Crippen molar-refractivity contribution in [3.8, 4) is 0 Å². The highest BCUT2D eigenvalue weighted by molar-refractivity contribution is 5.85. The zero-order chi connectivity index (χ0) is 19.8. The third-order valence-corrected chi connectivity index (χ3v) is 5.80. The average Bonchev–Trinajstić information content (AvgIpc) is 2.67.